The van der Waals surface area contributed by atoms with Crippen LogP contribution in [0.2, 0.25) is 0 Å². The van der Waals surface area contributed by atoms with Crippen LogP contribution in [0, 0.1) is 6.92 Å². The average Bonchev–Trinajstić information content (AvgIpc) is 2.71. The number of aromatic hydroxyl groups is 1. The van der Waals surface area contributed by atoms with Crippen molar-refractivity contribution in [1.29, 1.82) is 0 Å². The maximum absolute atomic E-state index is 12.8. The summed E-state index contributed by atoms with van der Waals surface area (Å²) in [6.45, 7) is 1.87. The molecule has 132 valence electrons. The Labute approximate surface area is 157 Å². The number of aromatic nitrogens is 1. The lowest BCUT2D eigenvalue weighted by Crippen LogP contribution is -2.15. The third kappa shape index (κ3) is 3.15. The van der Waals surface area contributed by atoms with E-state index < -0.39 is 0 Å². The van der Waals surface area contributed by atoms with Gasteiger partial charge in [0.15, 0.2) is 5.43 Å². The summed E-state index contributed by atoms with van der Waals surface area (Å²) in [6.07, 6.45) is 0. The molecular weight excluding hydrogens is 334 g/mol. The van der Waals surface area contributed by atoms with Crippen LogP contribution in [-0.4, -0.2) is 9.67 Å². The normalized spacial score (nSPS) is 10.7. The average molecular weight is 353 g/mol. The van der Waals surface area contributed by atoms with Crippen molar-refractivity contribution in [2.75, 3.05) is 0 Å². The van der Waals surface area contributed by atoms with Gasteiger partial charge in [-0.05, 0) is 54.4 Å². The minimum atomic E-state index is -0.0101. The van der Waals surface area contributed by atoms with Gasteiger partial charge in [0.1, 0.15) is 5.75 Å². The summed E-state index contributed by atoms with van der Waals surface area (Å²) in [4.78, 5) is 12.8. The fourth-order valence-corrected chi connectivity index (χ4v) is 3.33. The van der Waals surface area contributed by atoms with Gasteiger partial charge in [0.05, 0.1) is 11.4 Å². The summed E-state index contributed by atoms with van der Waals surface area (Å²) in [5.41, 5.74) is 5.18. The van der Waals surface area contributed by atoms with Crippen LogP contribution >= 0.6 is 0 Å². The molecular formula is C24H19NO2. The molecule has 0 amide bonds. The maximum atomic E-state index is 12.8. The highest BCUT2D eigenvalue weighted by atomic mass is 16.3. The Kier molecular flexibility index (Phi) is 4.35. The summed E-state index contributed by atoms with van der Waals surface area (Å²) < 4.78 is 2.11. The highest BCUT2D eigenvalue weighted by Gasteiger charge is 2.17. The Morgan fingerprint density at radius 1 is 0.741 bits per heavy atom. The van der Waals surface area contributed by atoms with Crippen LogP contribution in [0.3, 0.4) is 0 Å². The lowest BCUT2D eigenvalue weighted by atomic mass is 10.0. The van der Waals surface area contributed by atoms with E-state index in [1.165, 1.54) is 0 Å². The van der Waals surface area contributed by atoms with E-state index in [0.29, 0.717) is 5.56 Å². The minimum Gasteiger partial charge on any atom is -0.508 e. The molecule has 0 radical (unpaired) electrons. The van der Waals surface area contributed by atoms with E-state index in [4.69, 9.17) is 0 Å². The molecule has 0 atom stereocenters. The van der Waals surface area contributed by atoms with Crippen molar-refractivity contribution < 1.29 is 5.11 Å². The molecule has 4 rings (SSSR count). The fraction of sp³-hybridized carbons (Fsp3) is 0.0417. The van der Waals surface area contributed by atoms with Crippen LogP contribution in [-0.2, 0) is 0 Å². The first-order valence-electron chi connectivity index (χ1n) is 8.82. The van der Waals surface area contributed by atoms with Crippen LogP contribution in [0.25, 0.3) is 28.2 Å². The predicted molar refractivity (Wildman–Crippen MR) is 109 cm³/mol. The Balaban J connectivity index is 2.12. The van der Waals surface area contributed by atoms with Crippen molar-refractivity contribution >= 4 is 0 Å². The molecule has 0 unspecified atom stereocenters. The monoisotopic (exact) mass is 353 g/mol. The first kappa shape index (κ1) is 16.9. The molecule has 1 heterocycles. The number of hydrogen-bond donors (Lipinski definition) is 1. The fourth-order valence-electron chi connectivity index (χ4n) is 3.33. The molecule has 3 nitrogen and oxygen atoms in total. The van der Waals surface area contributed by atoms with Gasteiger partial charge in [0.25, 0.3) is 0 Å². The van der Waals surface area contributed by atoms with Gasteiger partial charge in [-0.3, -0.25) is 4.79 Å². The van der Waals surface area contributed by atoms with Gasteiger partial charge >= 0.3 is 0 Å². The lowest BCUT2D eigenvalue weighted by Gasteiger charge is -2.21. The SMILES string of the molecule is Cc1c(-c2ccccc2)n(-c2ccccc2)c(-c2ccc(O)cc2)cc1=O. The molecule has 0 fully saturated rings. The summed E-state index contributed by atoms with van der Waals surface area (Å²) in [7, 11) is 0. The quantitative estimate of drug-likeness (QED) is 0.551. The van der Waals surface area contributed by atoms with Crippen molar-refractivity contribution in [3.8, 4) is 34.0 Å². The second-order valence-electron chi connectivity index (χ2n) is 6.45. The molecule has 0 aliphatic rings. The molecule has 0 spiro atoms. The van der Waals surface area contributed by atoms with Gasteiger partial charge in [-0.1, -0.05) is 48.5 Å². The zero-order valence-electron chi connectivity index (χ0n) is 15.0. The van der Waals surface area contributed by atoms with E-state index in [9.17, 15) is 9.90 Å². The summed E-state index contributed by atoms with van der Waals surface area (Å²) in [5.74, 6) is 0.197. The number of pyridine rings is 1. The Morgan fingerprint density at radius 2 is 1.33 bits per heavy atom. The minimum absolute atomic E-state index is 0.0101. The molecule has 27 heavy (non-hydrogen) atoms. The van der Waals surface area contributed by atoms with Gasteiger partial charge in [0, 0.05) is 17.3 Å². The highest BCUT2D eigenvalue weighted by Crippen LogP contribution is 2.31. The molecule has 3 heteroatoms. The predicted octanol–water partition coefficient (Wildman–Crippen LogP) is 5.19. The number of benzene rings is 3. The second kappa shape index (κ2) is 6.96. The smallest absolute Gasteiger partial charge is 0.185 e. The van der Waals surface area contributed by atoms with Gasteiger partial charge in [-0.2, -0.15) is 0 Å². The van der Waals surface area contributed by atoms with Crippen LogP contribution < -0.4 is 5.43 Å². The van der Waals surface area contributed by atoms with Crippen molar-refractivity contribution in [1.82, 2.24) is 4.57 Å². The lowest BCUT2D eigenvalue weighted by molar-refractivity contribution is 0.475. The molecule has 1 N–H and O–H groups in total. The maximum Gasteiger partial charge on any atom is 0.185 e. The van der Waals surface area contributed by atoms with Crippen LogP contribution in [0.1, 0.15) is 5.56 Å². The number of phenols is 1. The third-order valence-electron chi connectivity index (χ3n) is 4.68. The van der Waals surface area contributed by atoms with E-state index in [1.807, 2.05) is 79.7 Å². The van der Waals surface area contributed by atoms with Crippen LogP contribution in [0.15, 0.2) is 95.8 Å². The zero-order chi connectivity index (χ0) is 18.8. The first-order chi connectivity index (χ1) is 13.1. The first-order valence-corrected chi connectivity index (χ1v) is 8.82. The number of nitrogens with zero attached hydrogens (tertiary/aromatic N) is 1. The van der Waals surface area contributed by atoms with Crippen molar-refractivity contribution in [3.63, 3.8) is 0 Å². The number of rotatable bonds is 3. The Hall–Kier alpha value is -3.59. The standard InChI is InChI=1S/C24H19NO2/c1-17-23(27)16-22(18-12-14-21(26)15-13-18)25(20-10-6-3-7-11-20)24(17)19-8-4-2-5-9-19/h2-16,26H,1H3. The largest absolute Gasteiger partial charge is 0.508 e. The van der Waals surface area contributed by atoms with E-state index in [-0.39, 0.29) is 11.2 Å². The zero-order valence-corrected chi connectivity index (χ0v) is 15.0. The van der Waals surface area contributed by atoms with E-state index in [0.717, 1.165) is 28.2 Å². The topological polar surface area (TPSA) is 42.2 Å². The van der Waals surface area contributed by atoms with Crippen LogP contribution in [0.5, 0.6) is 5.75 Å². The molecule has 0 saturated heterocycles. The molecule has 0 saturated carbocycles. The Bertz CT molecular complexity index is 1130. The summed E-state index contributed by atoms with van der Waals surface area (Å²) >= 11 is 0. The van der Waals surface area contributed by atoms with Gasteiger partial charge in [-0.25, -0.2) is 0 Å². The number of hydrogen-bond acceptors (Lipinski definition) is 2. The summed E-state index contributed by atoms with van der Waals surface area (Å²) in [5, 5.41) is 9.65. The van der Waals surface area contributed by atoms with Gasteiger partial charge < -0.3 is 9.67 Å². The van der Waals surface area contributed by atoms with Crippen molar-refractivity contribution in [2.45, 2.75) is 6.92 Å². The van der Waals surface area contributed by atoms with E-state index in [1.54, 1.807) is 18.2 Å². The van der Waals surface area contributed by atoms with E-state index >= 15 is 0 Å². The van der Waals surface area contributed by atoms with Crippen molar-refractivity contribution in [3.05, 3.63) is 107 Å². The summed E-state index contributed by atoms with van der Waals surface area (Å²) in [6, 6.07) is 28.5. The van der Waals surface area contributed by atoms with Gasteiger partial charge in [0.2, 0.25) is 0 Å². The third-order valence-corrected chi connectivity index (χ3v) is 4.68. The number of para-hydroxylation sites is 1. The second-order valence-corrected chi connectivity index (χ2v) is 6.45. The molecule has 0 aliphatic carbocycles. The number of phenolic OH excluding ortho intramolecular Hbond substituents is 1. The molecule has 1 aromatic heterocycles. The Morgan fingerprint density at radius 3 is 1.96 bits per heavy atom. The molecule has 4 aromatic rings. The van der Waals surface area contributed by atoms with Gasteiger partial charge in [-0.15, -0.1) is 0 Å². The molecule has 0 bridgehead atoms. The highest BCUT2D eigenvalue weighted by molar-refractivity contribution is 5.73. The molecule has 0 aliphatic heterocycles. The van der Waals surface area contributed by atoms with Crippen molar-refractivity contribution in [2.24, 2.45) is 0 Å². The molecule has 3 aromatic carbocycles. The van der Waals surface area contributed by atoms with Crippen LogP contribution in [0.4, 0.5) is 0 Å². The van der Waals surface area contributed by atoms with E-state index in [2.05, 4.69) is 4.57 Å².